The number of ether oxygens (including phenoxy) is 2. The van der Waals surface area contributed by atoms with E-state index in [9.17, 15) is 18.0 Å². The molecule has 0 bridgehead atoms. The predicted octanol–water partition coefficient (Wildman–Crippen LogP) is 2.10. The van der Waals surface area contributed by atoms with Crippen LogP contribution in [-0.4, -0.2) is 58.4 Å². The van der Waals surface area contributed by atoms with Crippen LogP contribution in [0.2, 0.25) is 0 Å². The van der Waals surface area contributed by atoms with Crippen molar-refractivity contribution >= 4 is 27.5 Å². The van der Waals surface area contributed by atoms with Crippen LogP contribution < -0.4 is 20.1 Å². The predicted molar refractivity (Wildman–Crippen MR) is 117 cm³/mol. The number of amides is 2. The lowest BCUT2D eigenvalue weighted by Crippen LogP contribution is -2.33. The van der Waals surface area contributed by atoms with Crippen LogP contribution in [0.3, 0.4) is 0 Å². The minimum atomic E-state index is -3.62. The number of benzene rings is 2. The Kier molecular flexibility index (Phi) is 8.40. The van der Waals surface area contributed by atoms with Gasteiger partial charge in [0.15, 0.2) is 11.5 Å². The molecule has 10 heteroatoms. The van der Waals surface area contributed by atoms with Gasteiger partial charge >= 0.3 is 0 Å². The van der Waals surface area contributed by atoms with Gasteiger partial charge in [0.05, 0.1) is 24.7 Å². The van der Waals surface area contributed by atoms with E-state index in [0.29, 0.717) is 36.0 Å². The fourth-order valence-electron chi connectivity index (χ4n) is 2.61. The average Bonchev–Trinajstić information content (AvgIpc) is 2.73. The van der Waals surface area contributed by atoms with E-state index in [1.807, 2.05) is 13.8 Å². The molecule has 0 aliphatic carbocycles. The fourth-order valence-corrected chi connectivity index (χ4v) is 3.55. The molecule has 2 N–H and O–H groups in total. The number of rotatable bonds is 10. The van der Waals surface area contributed by atoms with Crippen LogP contribution in [0.25, 0.3) is 0 Å². The van der Waals surface area contributed by atoms with Gasteiger partial charge < -0.3 is 20.1 Å². The summed E-state index contributed by atoms with van der Waals surface area (Å²) in [6.07, 6.45) is 0. The third kappa shape index (κ3) is 6.43. The van der Waals surface area contributed by atoms with Crippen LogP contribution in [0.4, 0.5) is 5.69 Å². The largest absolute Gasteiger partial charge is 0.490 e. The summed E-state index contributed by atoms with van der Waals surface area (Å²) in [5.41, 5.74) is 0.626. The second-order valence-corrected chi connectivity index (χ2v) is 8.73. The maximum atomic E-state index is 12.4. The number of carbonyl (C=O) groups excluding carboxylic acids is 2. The van der Waals surface area contributed by atoms with Crippen molar-refractivity contribution in [2.45, 2.75) is 18.7 Å². The highest BCUT2D eigenvalue weighted by molar-refractivity contribution is 7.89. The number of nitrogens with zero attached hydrogens (tertiary/aromatic N) is 1. The maximum Gasteiger partial charge on any atom is 0.251 e. The summed E-state index contributed by atoms with van der Waals surface area (Å²) >= 11 is 0. The van der Waals surface area contributed by atoms with Gasteiger partial charge in [-0.25, -0.2) is 12.7 Å². The first-order valence-corrected chi connectivity index (χ1v) is 11.1. The molecule has 0 aliphatic rings. The van der Waals surface area contributed by atoms with Crippen molar-refractivity contribution < 1.29 is 27.5 Å². The summed E-state index contributed by atoms with van der Waals surface area (Å²) in [4.78, 5) is 24.7. The Morgan fingerprint density at radius 3 is 2.29 bits per heavy atom. The molecule has 2 amide bonds. The minimum absolute atomic E-state index is 0.0529. The quantitative estimate of drug-likeness (QED) is 0.574. The van der Waals surface area contributed by atoms with E-state index >= 15 is 0 Å². The number of nitrogens with one attached hydrogen (secondary N) is 2. The summed E-state index contributed by atoms with van der Waals surface area (Å²) in [6, 6.07) is 10.7. The lowest BCUT2D eigenvalue weighted by atomic mass is 10.2. The number of sulfonamides is 1. The Balaban J connectivity index is 2.02. The van der Waals surface area contributed by atoms with Gasteiger partial charge in [-0.15, -0.1) is 0 Å². The van der Waals surface area contributed by atoms with Crippen molar-refractivity contribution in [3.8, 4) is 11.5 Å². The molecule has 0 fully saturated rings. The summed E-state index contributed by atoms with van der Waals surface area (Å²) in [7, 11) is -0.774. The van der Waals surface area contributed by atoms with Gasteiger partial charge in [0.2, 0.25) is 15.9 Å². The van der Waals surface area contributed by atoms with E-state index in [2.05, 4.69) is 10.6 Å². The van der Waals surface area contributed by atoms with Crippen LogP contribution >= 0.6 is 0 Å². The highest BCUT2D eigenvalue weighted by Gasteiger charge is 2.18. The Morgan fingerprint density at radius 1 is 0.968 bits per heavy atom. The van der Waals surface area contributed by atoms with Gasteiger partial charge in [-0.1, -0.05) is 6.07 Å². The molecule has 0 saturated heterocycles. The Bertz CT molecular complexity index is 1040. The number of hydrogen-bond acceptors (Lipinski definition) is 6. The average molecular weight is 450 g/mol. The standard InChI is InChI=1S/C21H27N3O6S/c1-5-29-18-11-10-15(12-19(18)30-6-2)21(26)22-14-20(25)23-16-8-7-9-17(13-16)31(27,28)24(3)4/h7-13H,5-6,14H2,1-4H3,(H,22,26)(H,23,25). The van der Waals surface area contributed by atoms with E-state index in [4.69, 9.17) is 9.47 Å². The molecular formula is C21H27N3O6S. The van der Waals surface area contributed by atoms with Crippen LogP contribution in [0.5, 0.6) is 11.5 Å². The molecular weight excluding hydrogens is 422 g/mol. The van der Waals surface area contributed by atoms with Gasteiger partial charge in [0.25, 0.3) is 5.91 Å². The highest BCUT2D eigenvalue weighted by atomic mass is 32.2. The molecule has 2 aromatic rings. The molecule has 9 nitrogen and oxygen atoms in total. The fraction of sp³-hybridized carbons (Fsp3) is 0.333. The van der Waals surface area contributed by atoms with Crippen LogP contribution in [0.15, 0.2) is 47.4 Å². The lowest BCUT2D eigenvalue weighted by Gasteiger charge is -2.13. The second kappa shape index (κ2) is 10.8. The molecule has 0 radical (unpaired) electrons. The van der Waals surface area contributed by atoms with Gasteiger partial charge in [0.1, 0.15) is 0 Å². The number of anilines is 1. The zero-order valence-electron chi connectivity index (χ0n) is 18.0. The summed E-state index contributed by atoms with van der Waals surface area (Å²) < 4.78 is 36.5. The second-order valence-electron chi connectivity index (χ2n) is 6.57. The smallest absolute Gasteiger partial charge is 0.251 e. The van der Waals surface area contributed by atoms with Gasteiger partial charge in [-0.2, -0.15) is 0 Å². The molecule has 0 heterocycles. The highest BCUT2D eigenvalue weighted by Crippen LogP contribution is 2.28. The van der Waals surface area contributed by atoms with Crippen molar-refractivity contribution in [2.24, 2.45) is 0 Å². The van der Waals surface area contributed by atoms with Gasteiger partial charge in [-0.3, -0.25) is 9.59 Å². The normalized spacial score (nSPS) is 11.1. The first-order chi connectivity index (χ1) is 14.7. The van der Waals surface area contributed by atoms with Crippen molar-refractivity contribution in [3.05, 3.63) is 48.0 Å². The molecule has 0 atom stereocenters. The third-order valence-corrected chi connectivity index (χ3v) is 5.92. The molecule has 31 heavy (non-hydrogen) atoms. The molecule has 0 aliphatic heterocycles. The van der Waals surface area contributed by atoms with E-state index in [-0.39, 0.29) is 11.4 Å². The number of hydrogen-bond donors (Lipinski definition) is 2. The minimum Gasteiger partial charge on any atom is -0.490 e. The SMILES string of the molecule is CCOc1ccc(C(=O)NCC(=O)Nc2cccc(S(=O)(=O)N(C)C)c2)cc1OCC. The van der Waals surface area contributed by atoms with Crippen molar-refractivity contribution in [3.63, 3.8) is 0 Å². The Labute approximate surface area is 182 Å². The topological polar surface area (TPSA) is 114 Å². The summed E-state index contributed by atoms with van der Waals surface area (Å²) in [5, 5.41) is 5.11. The number of carbonyl (C=O) groups is 2. The van der Waals surface area contributed by atoms with Gasteiger partial charge in [0, 0.05) is 25.3 Å². The summed E-state index contributed by atoms with van der Waals surface area (Å²) in [6.45, 7) is 4.26. The first-order valence-electron chi connectivity index (χ1n) is 9.69. The maximum absolute atomic E-state index is 12.4. The zero-order valence-corrected chi connectivity index (χ0v) is 18.8. The lowest BCUT2D eigenvalue weighted by molar-refractivity contribution is -0.115. The van der Waals surface area contributed by atoms with E-state index in [1.54, 1.807) is 24.3 Å². The Hall–Kier alpha value is -3.11. The van der Waals surface area contributed by atoms with E-state index in [1.165, 1.54) is 32.3 Å². The zero-order chi connectivity index (χ0) is 23.0. The van der Waals surface area contributed by atoms with E-state index < -0.39 is 21.8 Å². The molecule has 2 aromatic carbocycles. The monoisotopic (exact) mass is 449 g/mol. The van der Waals surface area contributed by atoms with Crippen LogP contribution in [-0.2, 0) is 14.8 Å². The molecule has 0 saturated carbocycles. The molecule has 0 unspecified atom stereocenters. The first kappa shape index (κ1) is 24.2. The van der Waals surface area contributed by atoms with Crippen LogP contribution in [0.1, 0.15) is 24.2 Å². The van der Waals surface area contributed by atoms with Crippen molar-refractivity contribution in [1.29, 1.82) is 0 Å². The third-order valence-electron chi connectivity index (χ3n) is 4.11. The van der Waals surface area contributed by atoms with Crippen molar-refractivity contribution in [2.75, 3.05) is 39.2 Å². The van der Waals surface area contributed by atoms with Crippen LogP contribution in [0, 0.1) is 0 Å². The Morgan fingerprint density at radius 2 is 1.65 bits per heavy atom. The molecule has 0 spiro atoms. The van der Waals surface area contributed by atoms with Crippen molar-refractivity contribution in [1.82, 2.24) is 9.62 Å². The molecule has 0 aromatic heterocycles. The molecule has 2 rings (SSSR count). The summed E-state index contributed by atoms with van der Waals surface area (Å²) in [5.74, 6) is 0.0263. The molecule has 168 valence electrons. The van der Waals surface area contributed by atoms with Gasteiger partial charge in [-0.05, 0) is 50.2 Å². The van der Waals surface area contributed by atoms with E-state index in [0.717, 1.165) is 4.31 Å².